The third kappa shape index (κ3) is 4.44. The van der Waals surface area contributed by atoms with Crippen LogP contribution in [-0.4, -0.2) is 44.6 Å². The van der Waals surface area contributed by atoms with E-state index in [4.69, 9.17) is 11.6 Å². The Bertz CT molecular complexity index is 1070. The molecule has 9 heteroatoms. The van der Waals surface area contributed by atoms with E-state index in [0.29, 0.717) is 5.95 Å². The van der Waals surface area contributed by atoms with Crippen molar-refractivity contribution < 1.29 is 8.42 Å². The van der Waals surface area contributed by atoms with E-state index in [0.717, 1.165) is 26.2 Å². The van der Waals surface area contributed by atoms with Gasteiger partial charge in [0.25, 0.3) is 10.0 Å². The number of para-hydroxylation sites is 1. The first kappa shape index (κ1) is 19.5. The van der Waals surface area contributed by atoms with Crippen LogP contribution >= 0.6 is 11.6 Å². The average molecular weight is 430 g/mol. The molecule has 1 saturated heterocycles. The van der Waals surface area contributed by atoms with Crippen molar-refractivity contribution in [2.24, 2.45) is 0 Å². The van der Waals surface area contributed by atoms with Crippen LogP contribution in [0.2, 0.25) is 5.02 Å². The van der Waals surface area contributed by atoms with Crippen molar-refractivity contribution in [3.8, 4) is 0 Å². The van der Waals surface area contributed by atoms with Crippen molar-refractivity contribution in [1.82, 2.24) is 9.97 Å². The molecule has 0 aliphatic carbocycles. The summed E-state index contributed by atoms with van der Waals surface area (Å²) in [5.74, 6) is 0.582. The summed E-state index contributed by atoms with van der Waals surface area (Å²) >= 11 is 6.00. The highest BCUT2D eigenvalue weighted by molar-refractivity contribution is 7.92. The van der Waals surface area contributed by atoms with E-state index in [1.165, 1.54) is 30.2 Å². The monoisotopic (exact) mass is 429 g/mol. The van der Waals surface area contributed by atoms with Gasteiger partial charge in [-0.15, -0.1) is 0 Å². The summed E-state index contributed by atoms with van der Waals surface area (Å²) in [5, 5.41) is 0.161. The lowest BCUT2D eigenvalue weighted by molar-refractivity contribution is 0.601. The number of benzene rings is 2. The second kappa shape index (κ2) is 8.26. The fourth-order valence-electron chi connectivity index (χ4n) is 3.21. The Morgan fingerprint density at radius 3 is 2.07 bits per heavy atom. The molecular weight excluding hydrogens is 410 g/mol. The fourth-order valence-corrected chi connectivity index (χ4v) is 4.76. The van der Waals surface area contributed by atoms with Crippen molar-refractivity contribution in [2.45, 2.75) is 4.90 Å². The minimum absolute atomic E-state index is 0.0165. The lowest BCUT2D eigenvalue weighted by atomic mass is 10.2. The minimum atomic E-state index is -3.80. The summed E-state index contributed by atoms with van der Waals surface area (Å²) in [7, 11) is -3.80. The molecule has 4 rings (SSSR count). The number of nitrogens with zero attached hydrogens (tertiary/aromatic N) is 4. The van der Waals surface area contributed by atoms with Crippen LogP contribution in [0.3, 0.4) is 0 Å². The zero-order valence-electron chi connectivity index (χ0n) is 15.6. The number of halogens is 1. The van der Waals surface area contributed by atoms with Crippen molar-refractivity contribution >= 4 is 38.9 Å². The Morgan fingerprint density at radius 1 is 0.828 bits per heavy atom. The van der Waals surface area contributed by atoms with Crippen LogP contribution in [0, 0.1) is 0 Å². The molecular formula is C20H20ClN5O2S. The zero-order chi connectivity index (χ0) is 20.3. The number of rotatable bonds is 5. The van der Waals surface area contributed by atoms with Crippen LogP contribution in [0.25, 0.3) is 0 Å². The fraction of sp³-hybridized carbons (Fsp3) is 0.200. The molecule has 150 valence electrons. The van der Waals surface area contributed by atoms with Gasteiger partial charge in [-0.2, -0.15) is 0 Å². The summed E-state index contributed by atoms with van der Waals surface area (Å²) in [4.78, 5) is 13.1. The molecule has 7 nitrogen and oxygen atoms in total. The first-order chi connectivity index (χ1) is 14.0. The minimum Gasteiger partial charge on any atom is -0.368 e. The number of anilines is 3. The van der Waals surface area contributed by atoms with Crippen molar-refractivity contribution in [3.63, 3.8) is 0 Å². The van der Waals surface area contributed by atoms with Gasteiger partial charge in [0.15, 0.2) is 0 Å². The second-order valence-electron chi connectivity index (χ2n) is 6.62. The summed E-state index contributed by atoms with van der Waals surface area (Å²) in [5.41, 5.74) is 1.49. The first-order valence-electron chi connectivity index (χ1n) is 9.17. The largest absolute Gasteiger partial charge is 0.368 e. The molecule has 1 aliphatic rings. The van der Waals surface area contributed by atoms with Crippen LogP contribution in [0.4, 0.5) is 17.3 Å². The maximum Gasteiger partial charge on any atom is 0.263 e. The zero-order valence-corrected chi connectivity index (χ0v) is 17.1. The summed E-state index contributed by atoms with van der Waals surface area (Å²) in [6, 6.07) is 16.6. The Morgan fingerprint density at radius 2 is 1.41 bits per heavy atom. The standard InChI is InChI=1S/C20H20ClN5O2S/c21-18-8-4-5-9-19(18)29(27,28)24-16-14-22-20(23-15-16)26-12-10-25(11-13-26)17-6-2-1-3-7-17/h1-9,14-15,24H,10-13H2. The molecule has 2 heterocycles. The highest BCUT2D eigenvalue weighted by atomic mass is 35.5. The topological polar surface area (TPSA) is 78.4 Å². The van der Waals surface area contributed by atoms with Crippen molar-refractivity contribution in [3.05, 3.63) is 72.0 Å². The molecule has 2 aromatic carbocycles. The smallest absolute Gasteiger partial charge is 0.263 e. The molecule has 1 fully saturated rings. The number of hydrogen-bond acceptors (Lipinski definition) is 6. The summed E-state index contributed by atoms with van der Waals surface area (Å²) < 4.78 is 27.5. The van der Waals surface area contributed by atoms with Crippen LogP contribution < -0.4 is 14.5 Å². The predicted molar refractivity (Wildman–Crippen MR) is 115 cm³/mol. The molecule has 0 atom stereocenters. The number of nitrogens with one attached hydrogen (secondary N) is 1. The van der Waals surface area contributed by atoms with Gasteiger partial charge in [-0.05, 0) is 24.3 Å². The molecule has 1 aliphatic heterocycles. The van der Waals surface area contributed by atoms with Gasteiger partial charge in [-0.3, -0.25) is 4.72 Å². The second-order valence-corrected chi connectivity index (χ2v) is 8.68. The highest BCUT2D eigenvalue weighted by Crippen LogP contribution is 2.23. The number of piperazine rings is 1. The van der Waals surface area contributed by atoms with Gasteiger partial charge in [0, 0.05) is 31.9 Å². The number of aromatic nitrogens is 2. The molecule has 0 spiro atoms. The molecule has 1 aromatic heterocycles. The van der Waals surface area contributed by atoms with E-state index in [2.05, 4.69) is 36.6 Å². The molecule has 0 saturated carbocycles. The SMILES string of the molecule is O=S(=O)(Nc1cnc(N2CCN(c3ccccc3)CC2)nc1)c1ccccc1Cl. The van der Waals surface area contributed by atoms with Crippen LogP contribution in [0.1, 0.15) is 0 Å². The van der Waals surface area contributed by atoms with E-state index >= 15 is 0 Å². The average Bonchev–Trinajstić information content (AvgIpc) is 2.75. The Balaban J connectivity index is 1.40. The van der Waals surface area contributed by atoms with Crippen molar-refractivity contribution in [1.29, 1.82) is 0 Å². The Kier molecular flexibility index (Phi) is 5.55. The lowest BCUT2D eigenvalue weighted by Crippen LogP contribution is -2.47. The van der Waals surface area contributed by atoms with Crippen LogP contribution in [-0.2, 0) is 10.0 Å². The van der Waals surface area contributed by atoms with E-state index in [9.17, 15) is 8.42 Å². The van der Waals surface area contributed by atoms with Gasteiger partial charge in [0.1, 0.15) is 4.90 Å². The molecule has 1 N–H and O–H groups in total. The highest BCUT2D eigenvalue weighted by Gasteiger charge is 2.20. The van der Waals surface area contributed by atoms with Crippen molar-refractivity contribution in [2.75, 3.05) is 40.7 Å². The number of sulfonamides is 1. The molecule has 29 heavy (non-hydrogen) atoms. The van der Waals surface area contributed by atoms with Gasteiger partial charge in [0.2, 0.25) is 5.95 Å². The van der Waals surface area contributed by atoms with E-state index in [-0.39, 0.29) is 15.6 Å². The summed E-state index contributed by atoms with van der Waals surface area (Å²) in [6.07, 6.45) is 2.95. The van der Waals surface area contributed by atoms with Gasteiger partial charge < -0.3 is 9.80 Å². The molecule has 0 unspecified atom stereocenters. The molecule has 0 radical (unpaired) electrons. The molecule has 0 amide bonds. The number of hydrogen-bond donors (Lipinski definition) is 1. The van der Waals surface area contributed by atoms with E-state index in [1.807, 2.05) is 18.2 Å². The maximum absolute atomic E-state index is 12.5. The van der Waals surface area contributed by atoms with Gasteiger partial charge in [-0.25, -0.2) is 18.4 Å². The Hall–Kier alpha value is -2.84. The van der Waals surface area contributed by atoms with Crippen LogP contribution in [0.5, 0.6) is 0 Å². The first-order valence-corrected chi connectivity index (χ1v) is 11.0. The van der Waals surface area contributed by atoms with E-state index in [1.54, 1.807) is 12.1 Å². The lowest BCUT2D eigenvalue weighted by Gasteiger charge is -2.36. The normalized spacial score (nSPS) is 14.7. The molecule has 0 bridgehead atoms. The molecule has 3 aromatic rings. The Labute approximate surface area is 175 Å². The van der Waals surface area contributed by atoms with Crippen LogP contribution in [0.15, 0.2) is 71.9 Å². The third-order valence-corrected chi connectivity index (χ3v) is 6.58. The maximum atomic E-state index is 12.5. The third-order valence-electron chi connectivity index (χ3n) is 4.70. The van der Waals surface area contributed by atoms with Gasteiger partial charge in [0.05, 0.1) is 23.1 Å². The van der Waals surface area contributed by atoms with E-state index < -0.39 is 10.0 Å². The van der Waals surface area contributed by atoms with Gasteiger partial charge >= 0.3 is 0 Å². The predicted octanol–water partition coefficient (Wildman–Crippen LogP) is 3.26. The quantitative estimate of drug-likeness (QED) is 0.670. The summed E-state index contributed by atoms with van der Waals surface area (Å²) in [6.45, 7) is 3.32. The van der Waals surface area contributed by atoms with Gasteiger partial charge in [-0.1, -0.05) is 41.9 Å².